The third-order valence-electron chi connectivity index (χ3n) is 3.27. The fourth-order valence-corrected chi connectivity index (χ4v) is 2.20. The Bertz CT molecular complexity index is 880. The van der Waals surface area contributed by atoms with Crippen molar-refractivity contribution >= 4 is 23.4 Å². The molecule has 3 N–H and O–H groups in total. The molecule has 0 fully saturated rings. The number of nitrogens with one attached hydrogen (secondary N) is 3. The summed E-state index contributed by atoms with van der Waals surface area (Å²) in [5.41, 5.74) is 4.49. The van der Waals surface area contributed by atoms with Crippen LogP contribution in [0.4, 0.5) is 13.2 Å². The minimum atomic E-state index is -4.44. The first-order valence-corrected chi connectivity index (χ1v) is 6.68. The highest BCUT2D eigenvalue weighted by Gasteiger charge is 2.30. The van der Waals surface area contributed by atoms with Gasteiger partial charge in [0.05, 0.1) is 11.1 Å². The van der Waals surface area contributed by atoms with Crippen molar-refractivity contribution in [1.29, 1.82) is 0 Å². The standard InChI is InChI=1S/C15H10F3N3O3/c16-15(17,18)9-3-1-2-8(4-9)12-5-10-13(24-12)6-11(20-10)14(23)21-19-7-22/h1-7,20H,(H,19,22)(H,21,23). The Morgan fingerprint density at radius 1 is 1.21 bits per heavy atom. The van der Waals surface area contributed by atoms with Gasteiger partial charge in [-0.25, -0.2) is 0 Å². The maximum atomic E-state index is 12.8. The lowest BCUT2D eigenvalue weighted by molar-refractivity contribution is -0.137. The average Bonchev–Trinajstić information content (AvgIpc) is 3.10. The lowest BCUT2D eigenvalue weighted by Crippen LogP contribution is -2.36. The van der Waals surface area contributed by atoms with Crippen LogP contribution in [-0.2, 0) is 11.0 Å². The quantitative estimate of drug-likeness (QED) is 0.505. The molecule has 9 heteroatoms. The Hall–Kier alpha value is -3.23. The van der Waals surface area contributed by atoms with Gasteiger partial charge in [-0.2, -0.15) is 13.2 Å². The van der Waals surface area contributed by atoms with Crippen molar-refractivity contribution in [2.24, 2.45) is 0 Å². The van der Waals surface area contributed by atoms with Crippen LogP contribution < -0.4 is 10.9 Å². The number of hydrogen-bond acceptors (Lipinski definition) is 3. The number of halogens is 3. The highest BCUT2D eigenvalue weighted by atomic mass is 19.4. The lowest BCUT2D eigenvalue weighted by Gasteiger charge is -2.07. The third-order valence-corrected chi connectivity index (χ3v) is 3.27. The van der Waals surface area contributed by atoms with Crippen LogP contribution in [0, 0.1) is 0 Å². The molecule has 0 aliphatic heterocycles. The second-order valence-electron chi connectivity index (χ2n) is 4.87. The Morgan fingerprint density at radius 3 is 2.67 bits per heavy atom. The molecule has 0 aliphatic rings. The van der Waals surface area contributed by atoms with E-state index >= 15 is 0 Å². The molecule has 2 heterocycles. The summed E-state index contributed by atoms with van der Waals surface area (Å²) >= 11 is 0. The van der Waals surface area contributed by atoms with Crippen LogP contribution in [0.15, 0.2) is 40.8 Å². The number of aromatic amines is 1. The number of fused-ring (bicyclic) bond motifs is 1. The van der Waals surface area contributed by atoms with E-state index in [1.54, 1.807) is 0 Å². The van der Waals surface area contributed by atoms with Crippen molar-refractivity contribution < 1.29 is 27.2 Å². The summed E-state index contributed by atoms with van der Waals surface area (Å²) in [4.78, 5) is 24.5. The molecule has 3 rings (SSSR count). The predicted molar refractivity (Wildman–Crippen MR) is 77.7 cm³/mol. The largest absolute Gasteiger partial charge is 0.454 e. The van der Waals surface area contributed by atoms with Crippen LogP contribution in [0.1, 0.15) is 16.1 Å². The highest BCUT2D eigenvalue weighted by molar-refractivity contribution is 5.97. The van der Waals surface area contributed by atoms with Crippen molar-refractivity contribution in [1.82, 2.24) is 15.8 Å². The van der Waals surface area contributed by atoms with E-state index in [0.717, 1.165) is 12.1 Å². The molecule has 0 atom stereocenters. The molecular weight excluding hydrogens is 327 g/mol. The smallest absolute Gasteiger partial charge is 0.416 e. The van der Waals surface area contributed by atoms with Gasteiger partial charge in [-0.1, -0.05) is 12.1 Å². The molecule has 124 valence electrons. The van der Waals surface area contributed by atoms with Crippen molar-refractivity contribution in [2.75, 3.05) is 0 Å². The third kappa shape index (κ3) is 2.96. The summed E-state index contributed by atoms with van der Waals surface area (Å²) in [6.07, 6.45) is -4.14. The second-order valence-corrected chi connectivity index (χ2v) is 4.87. The maximum absolute atomic E-state index is 12.8. The van der Waals surface area contributed by atoms with Crippen LogP contribution in [0.5, 0.6) is 0 Å². The van der Waals surface area contributed by atoms with Crippen LogP contribution in [0.2, 0.25) is 0 Å². The van der Waals surface area contributed by atoms with E-state index in [4.69, 9.17) is 4.42 Å². The first kappa shape index (κ1) is 15.7. The van der Waals surface area contributed by atoms with Gasteiger partial charge in [0.1, 0.15) is 11.5 Å². The van der Waals surface area contributed by atoms with E-state index in [1.165, 1.54) is 24.3 Å². The molecule has 0 saturated heterocycles. The SMILES string of the molecule is O=CNNC(=O)c1cc2oc(-c3cccc(C(F)(F)F)c3)cc2[nH]1. The van der Waals surface area contributed by atoms with Gasteiger partial charge in [0, 0.05) is 17.7 Å². The van der Waals surface area contributed by atoms with Crippen LogP contribution in [0.3, 0.4) is 0 Å². The highest BCUT2D eigenvalue weighted by Crippen LogP contribution is 2.34. The lowest BCUT2D eigenvalue weighted by atomic mass is 10.1. The molecule has 6 nitrogen and oxygen atoms in total. The van der Waals surface area contributed by atoms with Crippen LogP contribution >= 0.6 is 0 Å². The second kappa shape index (κ2) is 5.76. The predicted octanol–water partition coefficient (Wildman–Crippen LogP) is 2.84. The molecule has 0 saturated carbocycles. The van der Waals surface area contributed by atoms with Gasteiger partial charge in [0.25, 0.3) is 5.91 Å². The number of hydrogen-bond donors (Lipinski definition) is 3. The van der Waals surface area contributed by atoms with Crippen LogP contribution in [0.25, 0.3) is 22.4 Å². The van der Waals surface area contributed by atoms with Crippen molar-refractivity contribution in [3.63, 3.8) is 0 Å². The zero-order valence-electron chi connectivity index (χ0n) is 11.9. The number of benzene rings is 1. The fraction of sp³-hybridized carbons (Fsp3) is 0.0667. The van der Waals surface area contributed by atoms with Gasteiger partial charge < -0.3 is 9.40 Å². The number of H-pyrrole nitrogens is 1. The average molecular weight is 337 g/mol. The Kier molecular flexibility index (Phi) is 3.76. The van der Waals surface area contributed by atoms with Crippen molar-refractivity contribution in [3.05, 3.63) is 47.7 Å². The van der Waals surface area contributed by atoms with Gasteiger partial charge in [-0.15, -0.1) is 0 Å². The first-order chi connectivity index (χ1) is 11.4. The van der Waals surface area contributed by atoms with Crippen LogP contribution in [-0.4, -0.2) is 17.3 Å². The molecule has 24 heavy (non-hydrogen) atoms. The van der Waals surface area contributed by atoms with Crippen molar-refractivity contribution in [2.45, 2.75) is 6.18 Å². The van der Waals surface area contributed by atoms with E-state index < -0.39 is 17.6 Å². The van der Waals surface area contributed by atoms with Gasteiger partial charge in [0.2, 0.25) is 6.41 Å². The molecule has 0 unspecified atom stereocenters. The number of rotatable bonds is 4. The Balaban J connectivity index is 1.91. The van der Waals surface area contributed by atoms with E-state index in [1.807, 2.05) is 5.43 Å². The zero-order chi connectivity index (χ0) is 17.3. The van der Waals surface area contributed by atoms with E-state index in [0.29, 0.717) is 17.5 Å². The zero-order valence-corrected chi connectivity index (χ0v) is 11.9. The van der Waals surface area contributed by atoms with E-state index in [-0.39, 0.29) is 17.0 Å². The summed E-state index contributed by atoms with van der Waals surface area (Å²) < 4.78 is 43.8. The number of carbonyl (C=O) groups is 2. The van der Waals surface area contributed by atoms with E-state index in [2.05, 4.69) is 10.4 Å². The molecule has 2 aromatic heterocycles. The molecular formula is C15H10F3N3O3. The summed E-state index contributed by atoms with van der Waals surface area (Å²) in [5.74, 6) is -0.352. The minimum Gasteiger partial charge on any atom is -0.454 e. The number of furan rings is 1. The summed E-state index contributed by atoms with van der Waals surface area (Å²) in [5, 5.41) is 0. The Morgan fingerprint density at radius 2 is 2.00 bits per heavy atom. The Labute approximate surface area is 132 Å². The molecule has 0 radical (unpaired) electrons. The molecule has 0 bridgehead atoms. The normalized spacial score (nSPS) is 11.5. The van der Waals surface area contributed by atoms with Gasteiger partial charge in [0.15, 0.2) is 5.58 Å². The van der Waals surface area contributed by atoms with E-state index in [9.17, 15) is 22.8 Å². The number of alkyl halides is 3. The topological polar surface area (TPSA) is 87.1 Å². The van der Waals surface area contributed by atoms with Gasteiger partial charge >= 0.3 is 6.18 Å². The summed E-state index contributed by atoms with van der Waals surface area (Å²) in [7, 11) is 0. The fourth-order valence-electron chi connectivity index (χ4n) is 2.20. The van der Waals surface area contributed by atoms with Gasteiger partial charge in [-0.3, -0.25) is 20.4 Å². The monoisotopic (exact) mass is 337 g/mol. The minimum absolute atomic E-state index is 0.133. The molecule has 3 aromatic rings. The molecule has 0 spiro atoms. The first-order valence-electron chi connectivity index (χ1n) is 6.68. The number of hydrazine groups is 1. The molecule has 0 aliphatic carbocycles. The summed E-state index contributed by atoms with van der Waals surface area (Å²) in [6, 6.07) is 7.62. The van der Waals surface area contributed by atoms with Gasteiger partial charge in [-0.05, 0) is 12.1 Å². The molecule has 1 aromatic carbocycles. The summed E-state index contributed by atoms with van der Waals surface area (Å²) in [6.45, 7) is 0. The number of amides is 2. The maximum Gasteiger partial charge on any atom is 0.416 e. The van der Waals surface area contributed by atoms with Crippen molar-refractivity contribution in [3.8, 4) is 11.3 Å². The number of aromatic nitrogens is 1. The number of carbonyl (C=O) groups excluding carboxylic acids is 2. The molecule has 2 amide bonds.